The number of rotatable bonds is 3. The van der Waals surface area contributed by atoms with Crippen molar-refractivity contribution in [2.24, 2.45) is 5.92 Å². The van der Waals surface area contributed by atoms with Gasteiger partial charge in [-0.25, -0.2) is 0 Å². The molecule has 0 aliphatic carbocycles. The van der Waals surface area contributed by atoms with E-state index in [1.807, 2.05) is 0 Å². The van der Waals surface area contributed by atoms with Gasteiger partial charge in [-0.15, -0.1) is 0 Å². The van der Waals surface area contributed by atoms with Crippen LogP contribution in [-0.2, 0) is 9.53 Å². The van der Waals surface area contributed by atoms with Gasteiger partial charge in [0.15, 0.2) is 0 Å². The molecule has 0 aromatic rings. The van der Waals surface area contributed by atoms with E-state index in [4.69, 9.17) is 4.74 Å². The van der Waals surface area contributed by atoms with Gasteiger partial charge in [0.1, 0.15) is 0 Å². The van der Waals surface area contributed by atoms with E-state index in [0.717, 1.165) is 39.0 Å². The first-order valence-corrected chi connectivity index (χ1v) is 5.90. The molecule has 15 heavy (non-hydrogen) atoms. The monoisotopic (exact) mass is 212 g/mol. The summed E-state index contributed by atoms with van der Waals surface area (Å²) in [6, 6.07) is 0.0441. The molecule has 0 aromatic carbocycles. The second-order valence-corrected chi connectivity index (χ2v) is 4.52. The number of carbonyl (C=O) groups is 1. The second-order valence-electron chi connectivity index (χ2n) is 4.52. The van der Waals surface area contributed by atoms with Crippen molar-refractivity contribution in [2.75, 3.05) is 19.7 Å². The standard InChI is InChI=1S/C11H20N2O2/c1-8-9(4-6-15-8)7-13-11(14)10-3-2-5-12-10/h8-10,12H,2-7H2,1H3,(H,13,14)/t8?,9?,10-/m0/s1. The van der Waals surface area contributed by atoms with Gasteiger partial charge in [-0.2, -0.15) is 0 Å². The van der Waals surface area contributed by atoms with Crippen LogP contribution in [0.4, 0.5) is 0 Å². The van der Waals surface area contributed by atoms with E-state index < -0.39 is 0 Å². The quantitative estimate of drug-likeness (QED) is 0.706. The third kappa shape index (κ3) is 2.69. The molecule has 2 aliphatic rings. The van der Waals surface area contributed by atoms with Crippen molar-refractivity contribution in [3.8, 4) is 0 Å². The number of hydrogen-bond donors (Lipinski definition) is 2. The maximum absolute atomic E-state index is 11.7. The van der Waals surface area contributed by atoms with E-state index >= 15 is 0 Å². The summed E-state index contributed by atoms with van der Waals surface area (Å²) >= 11 is 0. The average Bonchev–Trinajstić information content (AvgIpc) is 2.85. The average molecular weight is 212 g/mol. The highest BCUT2D eigenvalue weighted by Gasteiger charge is 2.26. The predicted octanol–water partition coefficient (Wildman–Crippen LogP) is 0.280. The SMILES string of the molecule is CC1OCCC1CNC(=O)[C@@H]1CCCN1. The Morgan fingerprint density at radius 3 is 3.00 bits per heavy atom. The molecule has 2 unspecified atom stereocenters. The maximum Gasteiger partial charge on any atom is 0.237 e. The van der Waals surface area contributed by atoms with Gasteiger partial charge < -0.3 is 15.4 Å². The van der Waals surface area contributed by atoms with Crippen molar-refractivity contribution >= 4 is 5.91 Å². The molecule has 0 spiro atoms. The fourth-order valence-corrected chi connectivity index (χ4v) is 2.31. The third-order valence-electron chi connectivity index (χ3n) is 3.45. The Kier molecular flexibility index (Phi) is 3.59. The van der Waals surface area contributed by atoms with E-state index in [-0.39, 0.29) is 11.9 Å². The first kappa shape index (κ1) is 10.9. The van der Waals surface area contributed by atoms with Gasteiger partial charge in [-0.05, 0) is 32.7 Å². The summed E-state index contributed by atoms with van der Waals surface area (Å²) in [5.41, 5.74) is 0. The minimum absolute atomic E-state index is 0.0441. The fourth-order valence-electron chi connectivity index (χ4n) is 2.31. The van der Waals surface area contributed by atoms with Gasteiger partial charge in [0.05, 0.1) is 12.1 Å². The van der Waals surface area contributed by atoms with Gasteiger partial charge in [-0.3, -0.25) is 4.79 Å². The van der Waals surface area contributed by atoms with Gasteiger partial charge in [0.2, 0.25) is 5.91 Å². The van der Waals surface area contributed by atoms with Crippen LogP contribution in [0.25, 0.3) is 0 Å². The molecule has 0 bridgehead atoms. The van der Waals surface area contributed by atoms with Crippen LogP contribution in [0, 0.1) is 5.92 Å². The third-order valence-corrected chi connectivity index (χ3v) is 3.45. The Balaban J connectivity index is 1.70. The van der Waals surface area contributed by atoms with Crippen LogP contribution in [0.3, 0.4) is 0 Å². The van der Waals surface area contributed by atoms with Crippen LogP contribution in [0.1, 0.15) is 26.2 Å². The van der Waals surface area contributed by atoms with Gasteiger partial charge >= 0.3 is 0 Å². The molecule has 4 heteroatoms. The molecule has 0 saturated carbocycles. The molecule has 4 nitrogen and oxygen atoms in total. The summed E-state index contributed by atoms with van der Waals surface area (Å²) in [7, 11) is 0. The highest BCUT2D eigenvalue weighted by atomic mass is 16.5. The zero-order chi connectivity index (χ0) is 10.7. The van der Waals surface area contributed by atoms with Crippen molar-refractivity contribution in [2.45, 2.75) is 38.3 Å². The molecule has 2 saturated heterocycles. The number of amides is 1. The molecular weight excluding hydrogens is 192 g/mol. The first-order valence-electron chi connectivity index (χ1n) is 5.90. The molecule has 0 aromatic heterocycles. The summed E-state index contributed by atoms with van der Waals surface area (Å²) in [6.07, 6.45) is 3.45. The van der Waals surface area contributed by atoms with Crippen LogP contribution in [-0.4, -0.2) is 37.7 Å². The molecule has 2 rings (SSSR count). The summed E-state index contributed by atoms with van der Waals surface area (Å²) in [5.74, 6) is 0.655. The molecule has 0 radical (unpaired) electrons. The predicted molar refractivity (Wildman–Crippen MR) is 57.6 cm³/mol. The van der Waals surface area contributed by atoms with Crippen molar-refractivity contribution < 1.29 is 9.53 Å². The van der Waals surface area contributed by atoms with E-state index in [0.29, 0.717) is 12.0 Å². The van der Waals surface area contributed by atoms with E-state index in [1.165, 1.54) is 0 Å². The molecule has 1 amide bonds. The Labute approximate surface area is 90.8 Å². The van der Waals surface area contributed by atoms with Crippen molar-refractivity contribution in [3.05, 3.63) is 0 Å². The zero-order valence-electron chi connectivity index (χ0n) is 9.29. The lowest BCUT2D eigenvalue weighted by atomic mass is 10.0. The highest BCUT2D eigenvalue weighted by Crippen LogP contribution is 2.19. The fraction of sp³-hybridized carbons (Fsp3) is 0.909. The first-order chi connectivity index (χ1) is 7.27. The summed E-state index contributed by atoms with van der Waals surface area (Å²) in [6.45, 7) is 4.65. The molecule has 2 N–H and O–H groups in total. The van der Waals surface area contributed by atoms with E-state index in [1.54, 1.807) is 0 Å². The lowest BCUT2D eigenvalue weighted by Crippen LogP contribution is -2.42. The van der Waals surface area contributed by atoms with E-state index in [9.17, 15) is 4.79 Å². The maximum atomic E-state index is 11.7. The van der Waals surface area contributed by atoms with Gasteiger partial charge in [-0.1, -0.05) is 0 Å². The van der Waals surface area contributed by atoms with Crippen LogP contribution in [0.2, 0.25) is 0 Å². The van der Waals surface area contributed by atoms with Gasteiger partial charge in [0.25, 0.3) is 0 Å². The van der Waals surface area contributed by atoms with Crippen molar-refractivity contribution in [1.82, 2.24) is 10.6 Å². The van der Waals surface area contributed by atoms with Crippen molar-refractivity contribution in [3.63, 3.8) is 0 Å². The van der Waals surface area contributed by atoms with Crippen LogP contribution >= 0.6 is 0 Å². The smallest absolute Gasteiger partial charge is 0.237 e. The number of hydrogen-bond acceptors (Lipinski definition) is 3. The Morgan fingerprint density at radius 2 is 2.40 bits per heavy atom. The number of nitrogens with one attached hydrogen (secondary N) is 2. The Morgan fingerprint density at radius 1 is 1.53 bits per heavy atom. The Hall–Kier alpha value is -0.610. The molecule has 86 valence electrons. The summed E-state index contributed by atoms with van der Waals surface area (Å²) in [4.78, 5) is 11.7. The molecule has 2 fully saturated rings. The van der Waals surface area contributed by atoms with Crippen molar-refractivity contribution in [1.29, 1.82) is 0 Å². The number of carbonyl (C=O) groups excluding carboxylic acids is 1. The summed E-state index contributed by atoms with van der Waals surface area (Å²) in [5, 5.41) is 6.22. The molecule has 2 heterocycles. The molecular formula is C11H20N2O2. The minimum atomic E-state index is 0.0441. The van der Waals surface area contributed by atoms with Gasteiger partial charge in [0, 0.05) is 19.1 Å². The van der Waals surface area contributed by atoms with Crippen LogP contribution in [0.15, 0.2) is 0 Å². The minimum Gasteiger partial charge on any atom is -0.378 e. The molecule has 2 aliphatic heterocycles. The highest BCUT2D eigenvalue weighted by molar-refractivity contribution is 5.81. The summed E-state index contributed by atoms with van der Waals surface area (Å²) < 4.78 is 5.46. The normalized spacial score (nSPS) is 35.7. The van der Waals surface area contributed by atoms with Crippen LogP contribution < -0.4 is 10.6 Å². The lowest BCUT2D eigenvalue weighted by molar-refractivity contribution is -0.123. The topological polar surface area (TPSA) is 50.4 Å². The zero-order valence-corrected chi connectivity index (χ0v) is 9.29. The van der Waals surface area contributed by atoms with E-state index in [2.05, 4.69) is 17.6 Å². The Bertz CT molecular complexity index is 227. The largest absolute Gasteiger partial charge is 0.378 e. The number of ether oxygens (including phenoxy) is 1. The van der Waals surface area contributed by atoms with Crippen LogP contribution in [0.5, 0.6) is 0 Å². The second kappa shape index (κ2) is 4.94. The molecule has 3 atom stereocenters. The lowest BCUT2D eigenvalue weighted by Gasteiger charge is -2.16.